The molecule has 0 aliphatic rings. The minimum absolute atomic E-state index is 0.652. The number of aromatic nitrogens is 1. The minimum atomic E-state index is 0.652. The maximum absolute atomic E-state index is 5.63. The number of ether oxygens (including phenoxy) is 1. The van der Waals surface area contributed by atoms with Gasteiger partial charge in [0.05, 0.1) is 12.1 Å². The maximum Gasteiger partial charge on any atom is 0.120 e. The van der Waals surface area contributed by atoms with E-state index in [4.69, 9.17) is 4.74 Å². The molecule has 0 radical (unpaired) electrons. The zero-order valence-corrected chi connectivity index (χ0v) is 14.6. The van der Waals surface area contributed by atoms with Crippen molar-refractivity contribution >= 4 is 28.0 Å². The lowest BCUT2D eigenvalue weighted by molar-refractivity contribution is 0.340. The lowest BCUT2D eigenvalue weighted by atomic mass is 10.1. The SMILES string of the molecule is CCOc1ccc2nc(C)cc(Nc3ccc(N(C)C)cc3)c2c1. The highest BCUT2D eigenvalue weighted by atomic mass is 16.5. The number of pyridine rings is 1. The molecule has 0 saturated carbocycles. The van der Waals surface area contributed by atoms with Crippen molar-refractivity contribution in [2.24, 2.45) is 0 Å². The number of rotatable bonds is 5. The Bertz CT molecular complexity index is 841. The smallest absolute Gasteiger partial charge is 0.120 e. The van der Waals surface area contributed by atoms with Crippen molar-refractivity contribution < 1.29 is 4.74 Å². The molecule has 0 spiro atoms. The van der Waals surface area contributed by atoms with Gasteiger partial charge in [0, 0.05) is 42.2 Å². The number of benzene rings is 2. The third-order valence-electron chi connectivity index (χ3n) is 3.88. The van der Waals surface area contributed by atoms with Crippen molar-refractivity contribution in [3.05, 3.63) is 54.2 Å². The molecular formula is C20H23N3O. The van der Waals surface area contributed by atoms with E-state index in [1.807, 2.05) is 46.1 Å². The van der Waals surface area contributed by atoms with E-state index in [2.05, 4.69) is 45.5 Å². The molecule has 0 aliphatic heterocycles. The fourth-order valence-electron chi connectivity index (χ4n) is 2.70. The van der Waals surface area contributed by atoms with E-state index in [1.165, 1.54) is 5.69 Å². The second-order valence-corrected chi connectivity index (χ2v) is 5.99. The van der Waals surface area contributed by atoms with Crippen LogP contribution in [0.2, 0.25) is 0 Å². The third kappa shape index (κ3) is 3.43. The first-order valence-corrected chi connectivity index (χ1v) is 8.15. The monoisotopic (exact) mass is 321 g/mol. The van der Waals surface area contributed by atoms with Crippen molar-refractivity contribution in [2.45, 2.75) is 13.8 Å². The highest BCUT2D eigenvalue weighted by molar-refractivity contribution is 5.94. The molecule has 124 valence electrons. The fraction of sp³-hybridized carbons (Fsp3) is 0.250. The topological polar surface area (TPSA) is 37.4 Å². The Balaban J connectivity index is 1.99. The van der Waals surface area contributed by atoms with Gasteiger partial charge < -0.3 is 15.0 Å². The Hall–Kier alpha value is -2.75. The molecule has 3 aromatic rings. The molecule has 0 aliphatic carbocycles. The summed E-state index contributed by atoms with van der Waals surface area (Å²) in [7, 11) is 4.08. The number of nitrogens with zero attached hydrogens (tertiary/aromatic N) is 2. The summed E-state index contributed by atoms with van der Waals surface area (Å²) < 4.78 is 5.63. The van der Waals surface area contributed by atoms with E-state index in [1.54, 1.807) is 0 Å². The van der Waals surface area contributed by atoms with Crippen LogP contribution in [0.3, 0.4) is 0 Å². The van der Waals surface area contributed by atoms with Gasteiger partial charge in [-0.2, -0.15) is 0 Å². The largest absolute Gasteiger partial charge is 0.494 e. The van der Waals surface area contributed by atoms with E-state index in [-0.39, 0.29) is 0 Å². The van der Waals surface area contributed by atoms with Crippen LogP contribution in [0.15, 0.2) is 48.5 Å². The van der Waals surface area contributed by atoms with Gasteiger partial charge in [0.1, 0.15) is 5.75 Å². The summed E-state index contributed by atoms with van der Waals surface area (Å²) in [6.45, 7) is 4.65. The van der Waals surface area contributed by atoms with Gasteiger partial charge in [0.25, 0.3) is 0 Å². The minimum Gasteiger partial charge on any atom is -0.494 e. The van der Waals surface area contributed by atoms with E-state index >= 15 is 0 Å². The summed E-state index contributed by atoms with van der Waals surface area (Å²) in [4.78, 5) is 6.70. The van der Waals surface area contributed by atoms with Gasteiger partial charge in [-0.15, -0.1) is 0 Å². The Morgan fingerprint density at radius 1 is 1.04 bits per heavy atom. The summed E-state index contributed by atoms with van der Waals surface area (Å²) in [5, 5.41) is 4.57. The number of hydrogen-bond acceptors (Lipinski definition) is 4. The summed E-state index contributed by atoms with van der Waals surface area (Å²) >= 11 is 0. The normalized spacial score (nSPS) is 10.7. The molecule has 0 bridgehead atoms. The number of hydrogen-bond donors (Lipinski definition) is 1. The van der Waals surface area contributed by atoms with Crippen molar-refractivity contribution in [3.8, 4) is 5.75 Å². The van der Waals surface area contributed by atoms with E-state index in [0.29, 0.717) is 6.61 Å². The first-order valence-electron chi connectivity index (χ1n) is 8.15. The van der Waals surface area contributed by atoms with Crippen molar-refractivity contribution in [2.75, 3.05) is 30.9 Å². The van der Waals surface area contributed by atoms with E-state index < -0.39 is 0 Å². The fourth-order valence-corrected chi connectivity index (χ4v) is 2.70. The number of fused-ring (bicyclic) bond motifs is 1. The highest BCUT2D eigenvalue weighted by Gasteiger charge is 2.07. The molecule has 0 unspecified atom stereocenters. The molecule has 0 atom stereocenters. The Labute approximate surface area is 143 Å². The molecule has 0 amide bonds. The van der Waals surface area contributed by atoms with Crippen LogP contribution in [-0.2, 0) is 0 Å². The van der Waals surface area contributed by atoms with Crippen LogP contribution in [0.1, 0.15) is 12.6 Å². The molecule has 4 heteroatoms. The van der Waals surface area contributed by atoms with E-state index in [0.717, 1.165) is 33.7 Å². The third-order valence-corrected chi connectivity index (χ3v) is 3.88. The highest BCUT2D eigenvalue weighted by Crippen LogP contribution is 2.30. The predicted molar refractivity (Wildman–Crippen MR) is 102 cm³/mol. The van der Waals surface area contributed by atoms with Crippen LogP contribution in [0, 0.1) is 6.92 Å². The van der Waals surface area contributed by atoms with Crippen molar-refractivity contribution in [1.82, 2.24) is 4.98 Å². The summed E-state index contributed by atoms with van der Waals surface area (Å²) in [6.07, 6.45) is 0. The molecule has 0 saturated heterocycles. The van der Waals surface area contributed by atoms with Gasteiger partial charge in [-0.05, 0) is 62.4 Å². The molecule has 1 heterocycles. The molecule has 2 aromatic carbocycles. The lowest BCUT2D eigenvalue weighted by Gasteiger charge is -2.15. The Morgan fingerprint density at radius 3 is 2.46 bits per heavy atom. The average Bonchev–Trinajstić information content (AvgIpc) is 2.56. The molecule has 24 heavy (non-hydrogen) atoms. The van der Waals surface area contributed by atoms with Gasteiger partial charge in [0.2, 0.25) is 0 Å². The van der Waals surface area contributed by atoms with Crippen LogP contribution >= 0.6 is 0 Å². The standard InChI is InChI=1S/C20H23N3O/c1-5-24-17-10-11-19-18(13-17)20(12-14(2)21-19)22-15-6-8-16(9-7-15)23(3)4/h6-13H,5H2,1-4H3,(H,21,22). The van der Waals surface area contributed by atoms with Crippen LogP contribution in [0.25, 0.3) is 10.9 Å². The second kappa shape index (κ2) is 6.79. The summed E-state index contributed by atoms with van der Waals surface area (Å²) in [5.74, 6) is 0.863. The van der Waals surface area contributed by atoms with Crippen LogP contribution in [0.4, 0.5) is 17.1 Å². The molecule has 3 rings (SSSR count). The van der Waals surface area contributed by atoms with Gasteiger partial charge in [0.15, 0.2) is 0 Å². The summed E-state index contributed by atoms with van der Waals surface area (Å²) in [6, 6.07) is 16.5. The molecule has 4 nitrogen and oxygen atoms in total. The van der Waals surface area contributed by atoms with Gasteiger partial charge in [-0.3, -0.25) is 4.98 Å². The lowest BCUT2D eigenvalue weighted by Crippen LogP contribution is -2.08. The molecule has 1 aromatic heterocycles. The first-order chi connectivity index (χ1) is 11.6. The van der Waals surface area contributed by atoms with Crippen LogP contribution < -0.4 is 15.0 Å². The number of aryl methyl sites for hydroxylation is 1. The Kier molecular flexibility index (Phi) is 4.56. The Morgan fingerprint density at radius 2 is 1.79 bits per heavy atom. The first kappa shape index (κ1) is 16.1. The summed E-state index contributed by atoms with van der Waals surface area (Å²) in [5.41, 5.74) is 5.21. The van der Waals surface area contributed by atoms with E-state index in [9.17, 15) is 0 Å². The van der Waals surface area contributed by atoms with Gasteiger partial charge in [-0.25, -0.2) is 0 Å². The number of anilines is 3. The van der Waals surface area contributed by atoms with Gasteiger partial charge in [-0.1, -0.05) is 0 Å². The number of nitrogens with one attached hydrogen (secondary N) is 1. The average molecular weight is 321 g/mol. The quantitative estimate of drug-likeness (QED) is 0.736. The zero-order valence-electron chi connectivity index (χ0n) is 14.6. The van der Waals surface area contributed by atoms with Crippen LogP contribution in [-0.4, -0.2) is 25.7 Å². The van der Waals surface area contributed by atoms with Crippen LogP contribution in [0.5, 0.6) is 5.75 Å². The molecule has 0 fully saturated rings. The molecular weight excluding hydrogens is 298 g/mol. The second-order valence-electron chi connectivity index (χ2n) is 5.99. The molecule has 1 N–H and O–H groups in total. The van der Waals surface area contributed by atoms with Gasteiger partial charge >= 0.3 is 0 Å². The van der Waals surface area contributed by atoms with Crippen molar-refractivity contribution in [3.63, 3.8) is 0 Å². The zero-order chi connectivity index (χ0) is 17.1. The predicted octanol–water partition coefficient (Wildman–Crippen LogP) is 4.75. The van der Waals surface area contributed by atoms with Crippen molar-refractivity contribution in [1.29, 1.82) is 0 Å². The maximum atomic E-state index is 5.63.